The Hall–Kier alpha value is -4.48. The second kappa shape index (κ2) is 10.2. The fraction of sp³-hybridized carbons (Fsp3) is 0.167. The molecule has 0 bridgehead atoms. The molecule has 0 aliphatic rings. The summed E-state index contributed by atoms with van der Waals surface area (Å²) in [6, 6.07) is 33.8. The highest BCUT2D eigenvalue weighted by molar-refractivity contribution is 7.18. The number of oxazole rings is 2. The van der Waals surface area contributed by atoms with E-state index in [0.717, 1.165) is 43.1 Å². The van der Waals surface area contributed by atoms with Crippen LogP contribution in [0.1, 0.15) is 59.1 Å². The molecule has 0 amide bonds. The van der Waals surface area contributed by atoms with Gasteiger partial charge in [0.2, 0.25) is 11.8 Å². The van der Waals surface area contributed by atoms with E-state index in [2.05, 4.69) is 88.4 Å². The minimum Gasteiger partial charge on any atom is -0.435 e. The molecule has 41 heavy (non-hydrogen) atoms. The topological polar surface area (TPSA) is 52.1 Å². The first-order valence-corrected chi connectivity index (χ1v) is 14.8. The number of hydrogen-bond donors (Lipinski definition) is 0. The van der Waals surface area contributed by atoms with E-state index in [1.165, 1.54) is 22.3 Å². The summed E-state index contributed by atoms with van der Waals surface area (Å²) in [6.07, 6.45) is 0. The Morgan fingerprint density at radius 1 is 0.561 bits per heavy atom. The lowest BCUT2D eigenvalue weighted by Gasteiger charge is -2.13. The van der Waals surface area contributed by atoms with Gasteiger partial charge < -0.3 is 8.83 Å². The summed E-state index contributed by atoms with van der Waals surface area (Å²) in [5, 5.41) is 0. The lowest BCUT2D eigenvalue weighted by molar-refractivity contribution is 0.621. The maximum absolute atomic E-state index is 6.27. The third kappa shape index (κ3) is 4.66. The quantitative estimate of drug-likeness (QED) is 0.205. The summed E-state index contributed by atoms with van der Waals surface area (Å²) < 4.78 is 12.5. The van der Waals surface area contributed by atoms with E-state index in [1.807, 2.05) is 36.4 Å². The van der Waals surface area contributed by atoms with Gasteiger partial charge in [-0.1, -0.05) is 97.8 Å². The number of thiophene rings is 1. The fourth-order valence-electron chi connectivity index (χ4n) is 5.66. The predicted molar refractivity (Wildman–Crippen MR) is 168 cm³/mol. The number of aryl methyl sites for hydroxylation is 2. The third-order valence-electron chi connectivity index (χ3n) is 7.95. The minimum atomic E-state index is 0.201. The first-order chi connectivity index (χ1) is 19.9. The van der Waals surface area contributed by atoms with Crippen LogP contribution in [-0.4, -0.2) is 9.97 Å². The molecule has 4 aromatic carbocycles. The molecule has 0 aliphatic carbocycles. The molecular weight excluding hydrogens is 524 g/mol. The smallest absolute Gasteiger partial charge is 0.237 e. The fourth-order valence-corrected chi connectivity index (χ4v) is 6.51. The Morgan fingerprint density at radius 2 is 1.00 bits per heavy atom. The Labute approximate surface area is 243 Å². The molecule has 0 saturated carbocycles. The summed E-state index contributed by atoms with van der Waals surface area (Å²) in [6.45, 7) is 8.70. The first kappa shape index (κ1) is 25.5. The highest BCUT2D eigenvalue weighted by Gasteiger charge is 2.21. The highest BCUT2D eigenvalue weighted by Crippen LogP contribution is 2.39. The molecule has 0 saturated heterocycles. The predicted octanol–water partition coefficient (Wildman–Crippen LogP) is 10.3. The zero-order valence-electron chi connectivity index (χ0n) is 23.5. The summed E-state index contributed by atoms with van der Waals surface area (Å²) >= 11 is 1.58. The molecule has 2 atom stereocenters. The largest absolute Gasteiger partial charge is 0.435 e. The zero-order chi connectivity index (χ0) is 28.1. The first-order valence-electron chi connectivity index (χ1n) is 14.0. The van der Waals surface area contributed by atoms with Crippen LogP contribution in [0.15, 0.2) is 106 Å². The van der Waals surface area contributed by atoms with Crippen LogP contribution in [0.5, 0.6) is 0 Å². The van der Waals surface area contributed by atoms with Gasteiger partial charge in [-0.3, -0.25) is 0 Å². The third-order valence-corrected chi connectivity index (χ3v) is 9.01. The van der Waals surface area contributed by atoms with Crippen LogP contribution < -0.4 is 0 Å². The van der Waals surface area contributed by atoms with Crippen molar-refractivity contribution in [3.05, 3.63) is 130 Å². The van der Waals surface area contributed by atoms with Crippen LogP contribution in [-0.2, 0) is 0 Å². The van der Waals surface area contributed by atoms with Crippen LogP contribution >= 0.6 is 11.3 Å². The molecule has 0 spiro atoms. The molecule has 3 heterocycles. The van der Waals surface area contributed by atoms with Crippen molar-refractivity contribution in [3.63, 3.8) is 0 Å². The van der Waals surface area contributed by atoms with Crippen LogP contribution in [0.4, 0.5) is 0 Å². The van der Waals surface area contributed by atoms with Crippen molar-refractivity contribution in [1.82, 2.24) is 9.97 Å². The average Bonchev–Trinajstić information content (AvgIpc) is 3.74. The second-order valence-corrected chi connectivity index (χ2v) is 11.9. The van der Waals surface area contributed by atoms with E-state index >= 15 is 0 Å². The summed E-state index contributed by atoms with van der Waals surface area (Å²) in [5.41, 5.74) is 10.8. The van der Waals surface area contributed by atoms with Gasteiger partial charge in [-0.15, -0.1) is 11.3 Å². The number of fused-ring (bicyclic) bond motifs is 2. The van der Waals surface area contributed by atoms with E-state index in [9.17, 15) is 0 Å². The van der Waals surface area contributed by atoms with Crippen molar-refractivity contribution in [3.8, 4) is 21.5 Å². The van der Waals surface area contributed by atoms with Gasteiger partial charge in [-0.05, 0) is 60.4 Å². The summed E-state index contributed by atoms with van der Waals surface area (Å²) in [4.78, 5) is 11.8. The van der Waals surface area contributed by atoms with Crippen molar-refractivity contribution in [2.24, 2.45) is 0 Å². The van der Waals surface area contributed by atoms with E-state index in [0.29, 0.717) is 11.8 Å². The van der Waals surface area contributed by atoms with Crippen LogP contribution in [0.2, 0.25) is 0 Å². The van der Waals surface area contributed by atoms with Crippen LogP contribution in [0.25, 0.3) is 43.7 Å². The molecule has 7 rings (SSSR count). The van der Waals surface area contributed by atoms with Gasteiger partial charge in [0, 0.05) is 11.8 Å². The molecule has 0 N–H and O–H groups in total. The van der Waals surface area contributed by atoms with Crippen LogP contribution in [0, 0.1) is 13.8 Å². The van der Waals surface area contributed by atoms with Gasteiger partial charge in [-0.2, -0.15) is 0 Å². The lowest BCUT2D eigenvalue weighted by Crippen LogP contribution is -1.97. The Morgan fingerprint density at radius 3 is 1.44 bits per heavy atom. The van der Waals surface area contributed by atoms with Gasteiger partial charge in [0.15, 0.2) is 11.2 Å². The number of hydrogen-bond acceptors (Lipinski definition) is 5. The van der Waals surface area contributed by atoms with Crippen molar-refractivity contribution in [2.75, 3.05) is 0 Å². The van der Waals surface area contributed by atoms with Gasteiger partial charge in [0.1, 0.15) is 11.0 Å². The molecule has 0 fully saturated rings. The number of rotatable bonds is 6. The molecular formula is C36H30N2O2S. The summed E-state index contributed by atoms with van der Waals surface area (Å²) in [5.74, 6) is 1.63. The van der Waals surface area contributed by atoms with Crippen LogP contribution in [0.3, 0.4) is 0 Å². The number of aromatic nitrogens is 2. The molecule has 7 aromatic rings. The van der Waals surface area contributed by atoms with Crippen molar-refractivity contribution < 1.29 is 8.83 Å². The normalized spacial score (nSPS) is 13.2. The monoisotopic (exact) mass is 554 g/mol. The minimum absolute atomic E-state index is 0.201. The molecule has 2 unspecified atom stereocenters. The van der Waals surface area contributed by atoms with E-state index in [-0.39, 0.29) is 11.8 Å². The number of para-hydroxylation sites is 2. The number of nitrogens with zero attached hydrogens (tertiary/aromatic N) is 2. The van der Waals surface area contributed by atoms with Crippen molar-refractivity contribution in [2.45, 2.75) is 39.5 Å². The van der Waals surface area contributed by atoms with Gasteiger partial charge in [0.25, 0.3) is 0 Å². The average molecular weight is 555 g/mol. The zero-order valence-corrected chi connectivity index (χ0v) is 24.3. The lowest BCUT2D eigenvalue weighted by atomic mass is 9.91. The van der Waals surface area contributed by atoms with Crippen molar-refractivity contribution in [1.29, 1.82) is 0 Å². The Balaban J connectivity index is 1.22. The van der Waals surface area contributed by atoms with Gasteiger partial charge in [-0.25, -0.2) is 9.97 Å². The van der Waals surface area contributed by atoms with E-state index in [1.54, 1.807) is 11.3 Å². The standard InChI is InChI=1S/C36H30N2O2S/c1-21-9-5-11-25(19-21)23(3)27-13-7-15-29-33(27)37-35(39-29)31-17-18-32(41-31)36-38-34-28(14-8-16-30(34)40-36)24(4)26-12-6-10-22(2)20-26/h5-20,23-24H,1-4H3. The molecule has 4 nitrogen and oxygen atoms in total. The van der Waals surface area contributed by atoms with Crippen molar-refractivity contribution >= 4 is 33.5 Å². The molecule has 3 aromatic heterocycles. The maximum atomic E-state index is 6.27. The Bertz CT molecular complexity index is 1880. The summed E-state index contributed by atoms with van der Waals surface area (Å²) in [7, 11) is 0. The van der Waals surface area contributed by atoms with E-state index < -0.39 is 0 Å². The highest BCUT2D eigenvalue weighted by atomic mass is 32.1. The Kier molecular flexibility index (Phi) is 6.32. The number of benzene rings is 4. The van der Waals surface area contributed by atoms with E-state index in [4.69, 9.17) is 18.8 Å². The SMILES string of the molecule is Cc1cccc(C(C)c2cccc3oc(-c4ccc(-c5nc6c(C(C)c7cccc(C)c7)cccc6o5)s4)nc23)c1. The van der Waals surface area contributed by atoms with Gasteiger partial charge >= 0.3 is 0 Å². The second-order valence-electron chi connectivity index (χ2n) is 10.9. The molecule has 202 valence electrons. The van der Waals surface area contributed by atoms with Gasteiger partial charge in [0.05, 0.1) is 9.75 Å². The molecule has 0 aliphatic heterocycles. The molecule has 5 heteroatoms. The maximum Gasteiger partial charge on any atom is 0.237 e. The molecule has 0 radical (unpaired) electrons.